The van der Waals surface area contributed by atoms with Crippen molar-refractivity contribution in [1.82, 2.24) is 0 Å². The molecular weight excluding hydrogens is 432 g/mol. The fourth-order valence-electron chi connectivity index (χ4n) is 9.14. The second-order valence-electron chi connectivity index (χ2n) is 15.3. The number of hydrogen-bond donors (Lipinski definition) is 0. The summed E-state index contributed by atoms with van der Waals surface area (Å²) >= 11 is 0. The largest absolute Gasteiger partial charge is 0.0798 e. The molecule has 36 heavy (non-hydrogen) atoms. The molecule has 6 aliphatic rings. The summed E-state index contributed by atoms with van der Waals surface area (Å²) in [7, 11) is 0. The lowest BCUT2D eigenvalue weighted by atomic mass is 9.47. The van der Waals surface area contributed by atoms with Gasteiger partial charge in [-0.1, -0.05) is 84.0 Å². The van der Waals surface area contributed by atoms with Crippen molar-refractivity contribution in [3.8, 4) is 11.1 Å². The number of benzene rings is 2. The van der Waals surface area contributed by atoms with E-state index in [9.17, 15) is 0 Å². The van der Waals surface area contributed by atoms with Crippen molar-refractivity contribution in [1.29, 1.82) is 0 Å². The van der Waals surface area contributed by atoms with Gasteiger partial charge in [-0.2, -0.15) is 0 Å². The monoisotopic (exact) mass is 476 g/mol. The van der Waals surface area contributed by atoms with E-state index in [2.05, 4.69) is 84.0 Å². The molecule has 0 N–H and O–H groups in total. The summed E-state index contributed by atoms with van der Waals surface area (Å²) in [6.07, 6.45) is 16.2. The summed E-state index contributed by atoms with van der Waals surface area (Å²) in [6.45, 7) is 14.2. The molecular formula is C36H44. The van der Waals surface area contributed by atoms with Gasteiger partial charge in [0, 0.05) is 0 Å². The van der Waals surface area contributed by atoms with E-state index in [0.717, 1.165) is 30.6 Å². The van der Waals surface area contributed by atoms with Gasteiger partial charge in [-0.3, -0.25) is 0 Å². The van der Waals surface area contributed by atoms with Gasteiger partial charge in [0.25, 0.3) is 0 Å². The molecule has 0 heterocycles. The summed E-state index contributed by atoms with van der Waals surface area (Å²) < 4.78 is 0. The average Bonchev–Trinajstić information content (AvgIpc) is 3.41. The van der Waals surface area contributed by atoms with Gasteiger partial charge in [0.1, 0.15) is 0 Å². The van der Waals surface area contributed by atoms with E-state index in [1.54, 1.807) is 22.3 Å². The van der Waals surface area contributed by atoms with Gasteiger partial charge < -0.3 is 0 Å². The number of fused-ring (bicyclic) bond motifs is 3. The minimum Gasteiger partial charge on any atom is -0.0798 e. The number of rotatable bonds is 2. The lowest BCUT2D eigenvalue weighted by Gasteiger charge is -2.57. The van der Waals surface area contributed by atoms with Crippen LogP contribution in [0.15, 0.2) is 48.1 Å². The lowest BCUT2D eigenvalue weighted by molar-refractivity contribution is -0.0281. The molecule has 0 unspecified atom stereocenters. The molecule has 0 radical (unpaired) electrons. The third-order valence-corrected chi connectivity index (χ3v) is 10.6. The van der Waals surface area contributed by atoms with E-state index in [-0.39, 0.29) is 10.8 Å². The van der Waals surface area contributed by atoms with Crippen molar-refractivity contribution in [2.45, 2.75) is 104 Å². The van der Waals surface area contributed by atoms with Crippen LogP contribution in [0.5, 0.6) is 0 Å². The summed E-state index contributed by atoms with van der Waals surface area (Å²) in [6, 6.07) is 12.5. The van der Waals surface area contributed by atoms with Crippen LogP contribution in [0.1, 0.15) is 114 Å². The van der Waals surface area contributed by atoms with Crippen molar-refractivity contribution < 1.29 is 0 Å². The molecule has 0 spiro atoms. The van der Waals surface area contributed by atoms with Gasteiger partial charge in [0.05, 0.1) is 0 Å². The Morgan fingerprint density at radius 2 is 1.28 bits per heavy atom. The zero-order valence-corrected chi connectivity index (χ0v) is 23.4. The van der Waals surface area contributed by atoms with Gasteiger partial charge in [0.15, 0.2) is 0 Å². The van der Waals surface area contributed by atoms with Crippen LogP contribution >= 0.6 is 0 Å². The molecule has 0 heteroatoms. The molecule has 0 amide bonds. The smallest absolute Gasteiger partial charge is 0.000739 e. The summed E-state index contributed by atoms with van der Waals surface area (Å²) in [5, 5.41) is 0. The van der Waals surface area contributed by atoms with Crippen LogP contribution in [0.3, 0.4) is 0 Å². The molecule has 0 nitrogen and oxygen atoms in total. The summed E-state index contributed by atoms with van der Waals surface area (Å²) in [4.78, 5) is 0. The molecule has 0 atom stereocenters. The molecule has 0 saturated heterocycles. The highest BCUT2D eigenvalue weighted by Crippen LogP contribution is 2.64. The SMILES string of the molecule is CC(C)(C)c1ccc2c(c1)-c1cc(C(C)(C)C)cc(C3=C(C45CC6CC(CC(C6)C4)C5)C=CC3)c1C2. The predicted octanol–water partition coefficient (Wildman–Crippen LogP) is 9.78. The van der Waals surface area contributed by atoms with E-state index in [1.165, 1.54) is 66.3 Å². The van der Waals surface area contributed by atoms with Gasteiger partial charge in [-0.25, -0.2) is 0 Å². The Hall–Kier alpha value is -2.08. The van der Waals surface area contributed by atoms with E-state index >= 15 is 0 Å². The second kappa shape index (κ2) is 7.49. The van der Waals surface area contributed by atoms with Crippen LogP contribution in [-0.2, 0) is 17.3 Å². The zero-order chi connectivity index (χ0) is 25.0. The molecule has 0 aliphatic heterocycles. The van der Waals surface area contributed by atoms with Gasteiger partial charge in [0.2, 0.25) is 0 Å². The Labute approximate surface area is 219 Å². The zero-order valence-electron chi connectivity index (χ0n) is 23.4. The van der Waals surface area contributed by atoms with E-state index in [4.69, 9.17) is 0 Å². The third kappa shape index (κ3) is 3.46. The van der Waals surface area contributed by atoms with Crippen LogP contribution in [0.2, 0.25) is 0 Å². The predicted molar refractivity (Wildman–Crippen MR) is 153 cm³/mol. The van der Waals surface area contributed by atoms with Crippen molar-refractivity contribution in [3.05, 3.63) is 75.9 Å². The average molecular weight is 477 g/mol. The minimum absolute atomic E-state index is 0.140. The number of hydrogen-bond acceptors (Lipinski definition) is 0. The first-order chi connectivity index (χ1) is 17.0. The van der Waals surface area contributed by atoms with Crippen molar-refractivity contribution in [2.75, 3.05) is 0 Å². The highest BCUT2D eigenvalue weighted by Gasteiger charge is 2.53. The Balaban J connectivity index is 1.41. The molecule has 4 fully saturated rings. The maximum absolute atomic E-state index is 2.61. The highest BCUT2D eigenvalue weighted by molar-refractivity contribution is 5.87. The molecule has 4 saturated carbocycles. The Morgan fingerprint density at radius 3 is 1.89 bits per heavy atom. The van der Waals surface area contributed by atoms with E-state index in [0.29, 0.717) is 5.41 Å². The molecule has 2 aromatic carbocycles. The Bertz CT molecular complexity index is 1280. The first-order valence-corrected chi connectivity index (χ1v) is 14.7. The fourth-order valence-corrected chi connectivity index (χ4v) is 9.14. The van der Waals surface area contributed by atoms with Crippen LogP contribution in [0, 0.1) is 23.2 Å². The minimum atomic E-state index is 0.140. The summed E-state index contributed by atoms with van der Waals surface area (Å²) in [5.41, 5.74) is 14.9. The van der Waals surface area contributed by atoms with Crippen molar-refractivity contribution in [2.24, 2.45) is 23.2 Å². The topological polar surface area (TPSA) is 0 Å². The quantitative estimate of drug-likeness (QED) is 0.345. The normalized spacial score (nSPS) is 30.3. The van der Waals surface area contributed by atoms with E-state index < -0.39 is 0 Å². The Kier molecular flexibility index (Phi) is 4.80. The highest BCUT2D eigenvalue weighted by atomic mass is 14.6. The summed E-state index contributed by atoms with van der Waals surface area (Å²) in [5.74, 6) is 2.97. The van der Waals surface area contributed by atoms with Crippen molar-refractivity contribution >= 4 is 5.57 Å². The molecule has 8 rings (SSSR count). The lowest BCUT2D eigenvalue weighted by Crippen LogP contribution is -2.46. The van der Waals surface area contributed by atoms with Gasteiger partial charge >= 0.3 is 0 Å². The van der Waals surface area contributed by atoms with Crippen LogP contribution < -0.4 is 0 Å². The van der Waals surface area contributed by atoms with Crippen LogP contribution in [0.4, 0.5) is 0 Å². The van der Waals surface area contributed by atoms with Gasteiger partial charge in [-0.05, 0) is 135 Å². The van der Waals surface area contributed by atoms with Crippen molar-refractivity contribution in [3.63, 3.8) is 0 Å². The molecule has 4 bridgehead atoms. The van der Waals surface area contributed by atoms with Gasteiger partial charge in [-0.15, -0.1) is 0 Å². The molecule has 2 aromatic rings. The van der Waals surface area contributed by atoms with E-state index in [1.807, 2.05) is 0 Å². The standard InChI is InChI=1S/C36H44/c1-34(2,3)26-11-10-25-15-30-31(17-27(35(4,5)6)18-32(30)29(25)16-26)28-8-7-9-33(28)36-19-22-12-23(20-36)14-24(13-22)21-36/h7,9-11,16-18,22-24H,8,12-15,19-21H2,1-6H3. The molecule has 6 aliphatic carbocycles. The molecule has 188 valence electrons. The maximum Gasteiger partial charge on any atom is -0.000739 e. The molecule has 0 aromatic heterocycles. The third-order valence-electron chi connectivity index (χ3n) is 10.6. The fraction of sp³-hybridized carbons (Fsp3) is 0.556. The second-order valence-corrected chi connectivity index (χ2v) is 15.3. The Morgan fingerprint density at radius 1 is 0.694 bits per heavy atom. The van der Waals surface area contributed by atoms with Crippen LogP contribution in [-0.4, -0.2) is 0 Å². The van der Waals surface area contributed by atoms with Crippen LogP contribution in [0.25, 0.3) is 16.7 Å². The first kappa shape index (κ1) is 23.1. The maximum atomic E-state index is 2.61. The number of allylic oxidation sites excluding steroid dienone is 4. The first-order valence-electron chi connectivity index (χ1n) is 14.7.